The lowest BCUT2D eigenvalue weighted by Crippen LogP contribution is -1.98. The van der Waals surface area contributed by atoms with E-state index in [4.69, 9.17) is 4.98 Å². The first kappa shape index (κ1) is 42.9. The van der Waals surface area contributed by atoms with Crippen molar-refractivity contribution >= 4 is 0 Å². The molecule has 0 unspecified atom stereocenters. The summed E-state index contributed by atoms with van der Waals surface area (Å²) >= 11 is 0. The number of hydrogen-bond acceptors (Lipinski definition) is 5. The molecule has 10 aromatic rings. The summed E-state index contributed by atoms with van der Waals surface area (Å²) in [5.41, 5.74) is 20.4. The molecule has 0 spiro atoms. The molecule has 0 radical (unpaired) electrons. The van der Waals surface area contributed by atoms with E-state index in [0.717, 1.165) is 104 Å². The van der Waals surface area contributed by atoms with Gasteiger partial charge < -0.3 is 0 Å². The van der Waals surface area contributed by atoms with E-state index < -0.39 is 0 Å². The summed E-state index contributed by atoms with van der Waals surface area (Å²) in [6, 6.07) is 76.1. The van der Waals surface area contributed by atoms with Gasteiger partial charge in [-0.05, 0) is 153 Å². The molecule has 0 aliphatic rings. The van der Waals surface area contributed by atoms with E-state index in [0.29, 0.717) is 11.1 Å². The van der Waals surface area contributed by atoms with Crippen molar-refractivity contribution < 1.29 is 0 Å². The van der Waals surface area contributed by atoms with E-state index in [-0.39, 0.29) is 0 Å². The Balaban J connectivity index is 1.03. The Hall–Kier alpha value is -9.03. The average Bonchev–Trinajstić information content (AvgIpc) is 3.42. The van der Waals surface area contributed by atoms with E-state index >= 15 is 0 Å². The standard InChI is InChI=1S/C63H45N5/c64-42-46-22-24-49(25-23-46)56-32-30-52(40-55(56)43-65)60-41-53(63-13-5-8-36-68-63)31-33-59(60)58-10-2-1-9-57(58)54-38-47(16-14-44-18-26-50(27-19-44)61-11-3-6-34-66-61)37-48(39-54)17-15-45-20-28-51(29-21-45)62-12-4-7-35-67-62/h1-13,18-41H,14-17H2. The molecule has 10 rings (SSSR count). The van der Waals surface area contributed by atoms with Crippen LogP contribution in [-0.2, 0) is 25.7 Å². The number of aromatic nitrogens is 3. The normalized spacial score (nSPS) is 10.9. The third kappa shape index (κ3) is 9.65. The first-order chi connectivity index (χ1) is 33.6. The number of rotatable bonds is 13. The maximum absolute atomic E-state index is 10.5. The van der Waals surface area contributed by atoms with Crippen LogP contribution in [0.1, 0.15) is 33.4 Å². The number of hydrogen-bond donors (Lipinski definition) is 0. The third-order valence-corrected chi connectivity index (χ3v) is 12.6. The van der Waals surface area contributed by atoms with Gasteiger partial charge in [0.15, 0.2) is 0 Å². The third-order valence-electron chi connectivity index (χ3n) is 12.6. The Labute approximate surface area is 398 Å². The molecule has 5 nitrogen and oxygen atoms in total. The summed E-state index contributed by atoms with van der Waals surface area (Å²) in [6.45, 7) is 0. The van der Waals surface area contributed by atoms with Crippen molar-refractivity contribution in [2.75, 3.05) is 0 Å². The van der Waals surface area contributed by atoms with Crippen molar-refractivity contribution in [3.05, 3.63) is 258 Å². The molecule has 3 heterocycles. The van der Waals surface area contributed by atoms with Crippen LogP contribution in [0.15, 0.2) is 225 Å². The Morgan fingerprint density at radius 2 is 0.750 bits per heavy atom. The van der Waals surface area contributed by atoms with Gasteiger partial charge in [-0.3, -0.25) is 15.0 Å². The zero-order chi connectivity index (χ0) is 46.1. The zero-order valence-corrected chi connectivity index (χ0v) is 37.4. The highest BCUT2D eigenvalue weighted by Crippen LogP contribution is 2.42. The minimum Gasteiger partial charge on any atom is -0.256 e. The first-order valence-corrected chi connectivity index (χ1v) is 22.9. The van der Waals surface area contributed by atoms with Crippen LogP contribution in [0.4, 0.5) is 0 Å². The first-order valence-electron chi connectivity index (χ1n) is 22.9. The maximum atomic E-state index is 10.5. The van der Waals surface area contributed by atoms with Crippen LogP contribution >= 0.6 is 0 Å². The Bertz CT molecular complexity index is 3320. The SMILES string of the molecule is N#Cc1ccc(-c2ccc(-c3cc(-c4ccccn4)ccc3-c3ccccc3-c3cc(CCc4ccc(-c5ccccn5)cc4)cc(CCc4ccc(-c5ccccn5)cc4)c3)cc2C#N)cc1. The lowest BCUT2D eigenvalue weighted by atomic mass is 9.85. The molecule has 0 saturated carbocycles. The van der Waals surface area contributed by atoms with E-state index in [2.05, 4.69) is 137 Å². The lowest BCUT2D eigenvalue weighted by molar-refractivity contribution is 0.931. The van der Waals surface area contributed by atoms with Crippen LogP contribution in [0.25, 0.3) is 78.3 Å². The molecule has 322 valence electrons. The predicted octanol–water partition coefficient (Wildman–Crippen LogP) is 14.9. The summed E-state index contributed by atoms with van der Waals surface area (Å²) in [4.78, 5) is 13.8. The van der Waals surface area contributed by atoms with Crippen molar-refractivity contribution in [1.82, 2.24) is 15.0 Å². The van der Waals surface area contributed by atoms with Crippen molar-refractivity contribution in [2.45, 2.75) is 25.7 Å². The number of nitriles is 2. The van der Waals surface area contributed by atoms with Crippen LogP contribution in [0, 0.1) is 22.7 Å². The molecule has 68 heavy (non-hydrogen) atoms. The molecular weight excluding hydrogens is 827 g/mol. The highest BCUT2D eigenvalue weighted by Gasteiger charge is 2.18. The van der Waals surface area contributed by atoms with Gasteiger partial charge >= 0.3 is 0 Å². The maximum Gasteiger partial charge on any atom is 0.0998 e. The molecule has 0 bridgehead atoms. The molecule has 0 fully saturated rings. The molecular formula is C63H45N5. The van der Waals surface area contributed by atoms with Crippen molar-refractivity contribution in [3.8, 4) is 90.4 Å². The quantitative estimate of drug-likeness (QED) is 0.115. The molecule has 0 aliphatic carbocycles. The molecule has 0 saturated heterocycles. The number of nitrogens with zero attached hydrogens (tertiary/aromatic N) is 5. The zero-order valence-electron chi connectivity index (χ0n) is 37.4. The van der Waals surface area contributed by atoms with Crippen LogP contribution in [0.5, 0.6) is 0 Å². The van der Waals surface area contributed by atoms with Gasteiger partial charge in [0.1, 0.15) is 0 Å². The fraction of sp³-hybridized carbons (Fsp3) is 0.0635. The highest BCUT2D eigenvalue weighted by atomic mass is 14.7. The molecule has 5 heteroatoms. The van der Waals surface area contributed by atoms with Gasteiger partial charge in [-0.25, -0.2) is 0 Å². The van der Waals surface area contributed by atoms with E-state index in [1.807, 2.05) is 97.5 Å². The summed E-state index contributed by atoms with van der Waals surface area (Å²) in [6.07, 6.45) is 9.07. The number of pyridine rings is 3. The Morgan fingerprint density at radius 1 is 0.294 bits per heavy atom. The van der Waals surface area contributed by atoms with Gasteiger partial charge in [-0.1, -0.05) is 146 Å². The van der Waals surface area contributed by atoms with Gasteiger partial charge in [0.2, 0.25) is 0 Å². The van der Waals surface area contributed by atoms with E-state index in [1.165, 1.54) is 22.3 Å². The highest BCUT2D eigenvalue weighted by molar-refractivity contribution is 5.94. The Morgan fingerprint density at radius 3 is 1.28 bits per heavy atom. The molecule has 0 atom stereocenters. The monoisotopic (exact) mass is 871 g/mol. The van der Waals surface area contributed by atoms with Crippen LogP contribution in [0.2, 0.25) is 0 Å². The van der Waals surface area contributed by atoms with Gasteiger partial charge in [-0.15, -0.1) is 0 Å². The second-order valence-electron chi connectivity index (χ2n) is 16.9. The topological polar surface area (TPSA) is 86.2 Å². The molecule has 0 N–H and O–H groups in total. The van der Waals surface area contributed by atoms with E-state index in [9.17, 15) is 10.5 Å². The largest absolute Gasteiger partial charge is 0.256 e. The number of aryl methyl sites for hydroxylation is 4. The Kier molecular flexibility index (Phi) is 12.6. The summed E-state index contributed by atoms with van der Waals surface area (Å²) in [5.74, 6) is 0. The lowest BCUT2D eigenvalue weighted by Gasteiger charge is -2.18. The second kappa shape index (κ2) is 20.0. The smallest absolute Gasteiger partial charge is 0.0998 e. The fourth-order valence-electron chi connectivity index (χ4n) is 9.00. The van der Waals surface area contributed by atoms with Crippen molar-refractivity contribution in [2.24, 2.45) is 0 Å². The number of benzene rings is 7. The summed E-state index contributed by atoms with van der Waals surface area (Å²) < 4.78 is 0. The molecule has 0 aliphatic heterocycles. The molecule has 7 aromatic carbocycles. The van der Waals surface area contributed by atoms with Gasteiger partial charge in [0.25, 0.3) is 0 Å². The minimum absolute atomic E-state index is 0.560. The molecule has 3 aromatic heterocycles. The van der Waals surface area contributed by atoms with Crippen molar-refractivity contribution in [3.63, 3.8) is 0 Å². The summed E-state index contributed by atoms with van der Waals surface area (Å²) in [5, 5.41) is 20.0. The minimum atomic E-state index is 0.560. The second-order valence-corrected chi connectivity index (χ2v) is 16.9. The van der Waals surface area contributed by atoms with Gasteiger partial charge in [0, 0.05) is 35.3 Å². The van der Waals surface area contributed by atoms with Crippen LogP contribution < -0.4 is 0 Å². The summed E-state index contributed by atoms with van der Waals surface area (Å²) in [7, 11) is 0. The predicted molar refractivity (Wildman–Crippen MR) is 275 cm³/mol. The fourth-order valence-corrected chi connectivity index (χ4v) is 9.00. The average molecular weight is 872 g/mol. The van der Waals surface area contributed by atoms with Crippen LogP contribution in [0.3, 0.4) is 0 Å². The van der Waals surface area contributed by atoms with Gasteiger partial charge in [0.05, 0.1) is 40.3 Å². The van der Waals surface area contributed by atoms with Crippen LogP contribution in [-0.4, -0.2) is 15.0 Å². The molecule has 0 amide bonds. The van der Waals surface area contributed by atoms with Crippen molar-refractivity contribution in [1.29, 1.82) is 10.5 Å². The van der Waals surface area contributed by atoms with Gasteiger partial charge in [-0.2, -0.15) is 10.5 Å². The van der Waals surface area contributed by atoms with E-state index in [1.54, 1.807) is 12.1 Å².